The van der Waals surface area contributed by atoms with E-state index in [1.54, 1.807) is 6.20 Å². The quantitative estimate of drug-likeness (QED) is 0.674. The van der Waals surface area contributed by atoms with Crippen molar-refractivity contribution < 1.29 is 0 Å². The van der Waals surface area contributed by atoms with Crippen molar-refractivity contribution in [1.82, 2.24) is 9.97 Å². The van der Waals surface area contributed by atoms with E-state index in [1.165, 1.54) is 10.9 Å². The lowest BCUT2D eigenvalue weighted by Crippen LogP contribution is -1.78. The second kappa shape index (κ2) is 3.49. The fourth-order valence-corrected chi connectivity index (χ4v) is 2.17. The molecule has 1 N–H and O–H groups in total. The molecule has 2 aromatic heterocycles. The van der Waals surface area contributed by atoms with Gasteiger partial charge < -0.3 is 4.98 Å². The first-order valence-electron chi connectivity index (χ1n) is 5.34. The number of halogens is 1. The van der Waals surface area contributed by atoms with Crippen LogP contribution in [-0.4, -0.2) is 9.97 Å². The third-order valence-electron chi connectivity index (χ3n) is 2.89. The second-order valence-electron chi connectivity index (χ2n) is 3.91. The number of benzene rings is 1. The number of rotatable bonds is 1. The van der Waals surface area contributed by atoms with Gasteiger partial charge >= 0.3 is 0 Å². The minimum atomic E-state index is 0.676. The summed E-state index contributed by atoms with van der Waals surface area (Å²) in [6.45, 7) is 2.15. The van der Waals surface area contributed by atoms with Crippen molar-refractivity contribution in [2.24, 2.45) is 0 Å². The van der Waals surface area contributed by atoms with Gasteiger partial charge in [-0.05, 0) is 30.2 Å². The topological polar surface area (TPSA) is 28.7 Å². The van der Waals surface area contributed by atoms with Gasteiger partial charge in [0, 0.05) is 22.5 Å². The highest BCUT2D eigenvalue weighted by Crippen LogP contribution is 2.27. The van der Waals surface area contributed by atoms with E-state index in [-0.39, 0.29) is 0 Å². The standard InChI is InChI=1S/C13H11ClN2/c1-2-8-3-4-12-10(5-8)11-6-9(14)7-15-13(11)16-12/h3-7H,2H2,1H3,(H,15,16). The van der Waals surface area contributed by atoms with Crippen LogP contribution < -0.4 is 0 Å². The maximum atomic E-state index is 5.97. The van der Waals surface area contributed by atoms with Crippen LogP contribution in [0.15, 0.2) is 30.5 Å². The van der Waals surface area contributed by atoms with E-state index in [4.69, 9.17) is 11.6 Å². The lowest BCUT2D eigenvalue weighted by molar-refractivity contribution is 1.15. The van der Waals surface area contributed by atoms with Crippen LogP contribution in [0.1, 0.15) is 12.5 Å². The zero-order chi connectivity index (χ0) is 11.1. The van der Waals surface area contributed by atoms with Crippen molar-refractivity contribution in [2.45, 2.75) is 13.3 Å². The lowest BCUT2D eigenvalue weighted by Gasteiger charge is -1.96. The van der Waals surface area contributed by atoms with Crippen molar-refractivity contribution in [3.63, 3.8) is 0 Å². The average molecular weight is 231 g/mol. The molecule has 0 aliphatic carbocycles. The molecule has 16 heavy (non-hydrogen) atoms. The molecule has 0 aliphatic heterocycles. The number of nitrogens with zero attached hydrogens (tertiary/aromatic N) is 1. The van der Waals surface area contributed by atoms with Gasteiger partial charge in [-0.1, -0.05) is 24.6 Å². The minimum absolute atomic E-state index is 0.676. The van der Waals surface area contributed by atoms with Gasteiger partial charge in [0.25, 0.3) is 0 Å². The molecule has 0 unspecified atom stereocenters. The molecule has 0 saturated heterocycles. The van der Waals surface area contributed by atoms with Crippen LogP contribution in [0, 0.1) is 0 Å². The molecular weight excluding hydrogens is 220 g/mol. The van der Waals surface area contributed by atoms with Crippen LogP contribution in [0.2, 0.25) is 5.02 Å². The Morgan fingerprint density at radius 3 is 2.94 bits per heavy atom. The Morgan fingerprint density at radius 1 is 1.25 bits per heavy atom. The predicted molar refractivity (Wildman–Crippen MR) is 68.0 cm³/mol. The molecule has 3 heteroatoms. The number of aromatic nitrogens is 2. The average Bonchev–Trinajstić information content (AvgIpc) is 2.66. The molecule has 3 rings (SSSR count). The van der Waals surface area contributed by atoms with Crippen molar-refractivity contribution in [2.75, 3.05) is 0 Å². The first kappa shape index (κ1) is 9.67. The Labute approximate surface area is 98.3 Å². The Morgan fingerprint density at radius 2 is 2.12 bits per heavy atom. The third-order valence-corrected chi connectivity index (χ3v) is 3.10. The van der Waals surface area contributed by atoms with E-state index in [0.717, 1.165) is 23.0 Å². The highest BCUT2D eigenvalue weighted by atomic mass is 35.5. The lowest BCUT2D eigenvalue weighted by atomic mass is 10.1. The number of pyridine rings is 1. The molecule has 80 valence electrons. The summed E-state index contributed by atoms with van der Waals surface area (Å²) in [6, 6.07) is 8.40. The number of nitrogens with one attached hydrogen (secondary N) is 1. The fraction of sp³-hybridized carbons (Fsp3) is 0.154. The van der Waals surface area contributed by atoms with Gasteiger partial charge in [-0.2, -0.15) is 0 Å². The fourth-order valence-electron chi connectivity index (χ4n) is 2.01. The van der Waals surface area contributed by atoms with Gasteiger partial charge in [-0.3, -0.25) is 0 Å². The highest BCUT2D eigenvalue weighted by molar-refractivity contribution is 6.31. The van der Waals surface area contributed by atoms with Crippen molar-refractivity contribution >= 4 is 33.5 Å². The summed E-state index contributed by atoms with van der Waals surface area (Å²) in [4.78, 5) is 7.57. The largest absolute Gasteiger partial charge is 0.339 e. The highest BCUT2D eigenvalue weighted by Gasteiger charge is 2.06. The third kappa shape index (κ3) is 1.38. The van der Waals surface area contributed by atoms with Gasteiger partial charge in [0.2, 0.25) is 0 Å². The molecule has 0 radical (unpaired) electrons. The van der Waals surface area contributed by atoms with E-state index in [1.807, 2.05) is 6.07 Å². The van der Waals surface area contributed by atoms with Gasteiger partial charge in [0.05, 0.1) is 5.02 Å². The molecule has 0 fully saturated rings. The normalized spacial score (nSPS) is 11.4. The van der Waals surface area contributed by atoms with Gasteiger partial charge in [-0.25, -0.2) is 4.98 Å². The molecule has 0 amide bonds. The summed E-state index contributed by atoms with van der Waals surface area (Å²) >= 11 is 5.97. The number of hydrogen-bond acceptors (Lipinski definition) is 1. The van der Waals surface area contributed by atoms with E-state index in [9.17, 15) is 0 Å². The molecule has 0 saturated carbocycles. The molecule has 0 spiro atoms. The summed E-state index contributed by atoms with van der Waals surface area (Å²) in [6.07, 6.45) is 2.70. The maximum Gasteiger partial charge on any atom is 0.138 e. The summed E-state index contributed by atoms with van der Waals surface area (Å²) in [5, 5.41) is 2.97. The summed E-state index contributed by atoms with van der Waals surface area (Å²) in [5.74, 6) is 0. The van der Waals surface area contributed by atoms with Crippen LogP contribution in [0.4, 0.5) is 0 Å². The molecule has 3 aromatic rings. The van der Waals surface area contributed by atoms with Gasteiger partial charge in [0.15, 0.2) is 0 Å². The van der Waals surface area contributed by atoms with Crippen LogP contribution in [0.5, 0.6) is 0 Å². The number of aromatic amines is 1. The Kier molecular flexibility index (Phi) is 2.11. The van der Waals surface area contributed by atoms with Crippen molar-refractivity contribution in [3.05, 3.63) is 41.0 Å². The summed E-state index contributed by atoms with van der Waals surface area (Å²) in [7, 11) is 0. The molecule has 2 heterocycles. The molecule has 0 aliphatic rings. The second-order valence-corrected chi connectivity index (χ2v) is 4.34. The zero-order valence-electron chi connectivity index (χ0n) is 8.92. The first-order chi connectivity index (χ1) is 7.78. The Hall–Kier alpha value is -1.54. The predicted octanol–water partition coefficient (Wildman–Crippen LogP) is 3.93. The molecular formula is C13H11ClN2. The number of hydrogen-bond donors (Lipinski definition) is 1. The minimum Gasteiger partial charge on any atom is -0.339 e. The molecule has 0 bridgehead atoms. The monoisotopic (exact) mass is 230 g/mol. The molecule has 2 nitrogen and oxygen atoms in total. The van der Waals surface area contributed by atoms with Gasteiger partial charge in [-0.15, -0.1) is 0 Å². The van der Waals surface area contributed by atoms with E-state index in [0.29, 0.717) is 5.02 Å². The van der Waals surface area contributed by atoms with Crippen molar-refractivity contribution in [1.29, 1.82) is 0 Å². The first-order valence-corrected chi connectivity index (χ1v) is 5.71. The van der Waals surface area contributed by atoms with Crippen LogP contribution in [0.3, 0.4) is 0 Å². The van der Waals surface area contributed by atoms with E-state index < -0.39 is 0 Å². The number of H-pyrrole nitrogens is 1. The van der Waals surface area contributed by atoms with Gasteiger partial charge in [0.1, 0.15) is 5.65 Å². The maximum absolute atomic E-state index is 5.97. The van der Waals surface area contributed by atoms with Crippen LogP contribution in [-0.2, 0) is 6.42 Å². The smallest absolute Gasteiger partial charge is 0.138 e. The summed E-state index contributed by atoms with van der Waals surface area (Å²) < 4.78 is 0. The van der Waals surface area contributed by atoms with Crippen LogP contribution in [0.25, 0.3) is 21.9 Å². The summed E-state index contributed by atoms with van der Waals surface area (Å²) in [5.41, 5.74) is 3.34. The molecule has 1 aromatic carbocycles. The van der Waals surface area contributed by atoms with E-state index in [2.05, 4.69) is 35.1 Å². The zero-order valence-corrected chi connectivity index (χ0v) is 9.67. The number of fused-ring (bicyclic) bond motifs is 3. The van der Waals surface area contributed by atoms with E-state index >= 15 is 0 Å². The van der Waals surface area contributed by atoms with Crippen LogP contribution >= 0.6 is 11.6 Å². The Bertz CT molecular complexity index is 670. The van der Waals surface area contributed by atoms with Crippen molar-refractivity contribution in [3.8, 4) is 0 Å². The molecule has 0 atom stereocenters. The SMILES string of the molecule is CCc1ccc2[nH]c3ncc(Cl)cc3c2c1. The number of aryl methyl sites for hydroxylation is 1. The Balaban J connectivity index is 2.44.